The largest absolute Gasteiger partial charge is 0.456 e. The van der Waals surface area contributed by atoms with Crippen LogP contribution in [-0.4, -0.2) is 15.4 Å². The van der Waals surface area contributed by atoms with E-state index in [4.69, 9.17) is 9.16 Å². The Morgan fingerprint density at radius 3 is 1.65 bits per heavy atom. The van der Waals surface area contributed by atoms with Gasteiger partial charge in [-0.3, -0.25) is 10.1 Å². The van der Waals surface area contributed by atoms with Crippen molar-refractivity contribution < 1.29 is 27.3 Å². The van der Waals surface area contributed by atoms with Gasteiger partial charge in [-0.25, -0.2) is 13.2 Å². The molecule has 5 aromatic carbocycles. The van der Waals surface area contributed by atoms with E-state index in [1.165, 1.54) is 78.9 Å². The number of hydrogen-bond donors (Lipinski definition) is 0. The van der Waals surface area contributed by atoms with Crippen molar-refractivity contribution in [3.8, 4) is 22.6 Å². The Morgan fingerprint density at radius 1 is 0.675 bits per heavy atom. The third-order valence-corrected chi connectivity index (χ3v) is 7.23. The Kier molecular flexibility index (Phi) is 7.50. The molecule has 9 heteroatoms. The van der Waals surface area contributed by atoms with E-state index in [0.29, 0.717) is 22.4 Å². The van der Waals surface area contributed by atoms with Crippen LogP contribution >= 0.6 is 0 Å². The Bertz CT molecular complexity index is 1600. The summed E-state index contributed by atoms with van der Waals surface area (Å²) in [6.45, 7) is 0. The summed E-state index contributed by atoms with van der Waals surface area (Å²) in [5.74, 6) is -0.913. The van der Waals surface area contributed by atoms with Gasteiger partial charge in [0.05, 0.1) is 10.5 Å². The molecular weight excluding hydrogens is 535 g/mol. The first-order valence-electron chi connectivity index (χ1n) is 12.2. The van der Waals surface area contributed by atoms with Gasteiger partial charge in [-0.1, -0.05) is 54.6 Å². The van der Waals surface area contributed by atoms with Gasteiger partial charge in [-0.05, 0) is 77.4 Å². The quantitative estimate of drug-likeness (QED) is 0.0887. The lowest BCUT2D eigenvalue weighted by Gasteiger charge is -2.35. The van der Waals surface area contributed by atoms with Gasteiger partial charge in [0.15, 0.2) is 0 Å². The lowest BCUT2D eigenvalue weighted by molar-refractivity contribution is -0.385. The maximum Gasteiger partial charge on any atom is 0.287 e. The lowest BCUT2D eigenvalue weighted by Crippen LogP contribution is -2.33. The molecule has 0 unspecified atom stereocenters. The van der Waals surface area contributed by atoms with E-state index in [2.05, 4.69) is 0 Å². The average molecular weight is 558 g/mol. The summed E-state index contributed by atoms with van der Waals surface area (Å²) in [5.41, 5.74) is -0.605. The van der Waals surface area contributed by atoms with E-state index in [1.807, 2.05) is 6.07 Å². The van der Waals surface area contributed by atoms with Gasteiger partial charge in [0.25, 0.3) is 5.69 Å². The molecule has 0 bridgehead atoms. The maximum absolute atomic E-state index is 14.0. The first kappa shape index (κ1) is 26.9. The SMILES string of the molecule is O=[N+]([O-])c1c(C(O[SiH3])(c2ccc(F)cc2)c2ccc(F)cc2)ccc(Oc2ccccc2)c1-c1ccc(F)cc1. The van der Waals surface area contributed by atoms with Crippen LogP contribution in [0.5, 0.6) is 11.5 Å². The van der Waals surface area contributed by atoms with Gasteiger partial charge in [0.2, 0.25) is 0 Å². The molecule has 0 aliphatic rings. The molecule has 0 spiro atoms. The molecule has 0 atom stereocenters. The highest BCUT2D eigenvalue weighted by atomic mass is 28.2. The minimum Gasteiger partial charge on any atom is -0.456 e. The lowest BCUT2D eigenvalue weighted by atomic mass is 9.78. The zero-order chi connectivity index (χ0) is 28.3. The summed E-state index contributed by atoms with van der Waals surface area (Å²) in [6, 6.07) is 27.9. The summed E-state index contributed by atoms with van der Waals surface area (Å²) in [7, 11) is 0.0955. The molecular formula is C31H22F3NO4Si. The van der Waals surface area contributed by atoms with Crippen LogP contribution in [0.4, 0.5) is 18.9 Å². The van der Waals surface area contributed by atoms with Crippen LogP contribution in [0.15, 0.2) is 115 Å². The Balaban J connectivity index is 1.87. The van der Waals surface area contributed by atoms with Gasteiger partial charge < -0.3 is 9.16 Å². The zero-order valence-corrected chi connectivity index (χ0v) is 23.2. The zero-order valence-electron chi connectivity index (χ0n) is 21.2. The molecule has 200 valence electrons. The predicted octanol–water partition coefficient (Wildman–Crippen LogP) is 7.06. The normalized spacial score (nSPS) is 11.4. The number of ether oxygens (including phenoxy) is 1. The minimum absolute atomic E-state index is 0.0955. The summed E-state index contributed by atoms with van der Waals surface area (Å²) in [5, 5.41) is 12.9. The number of nitro groups is 1. The molecule has 0 radical (unpaired) electrons. The van der Waals surface area contributed by atoms with Crippen molar-refractivity contribution in [1.29, 1.82) is 0 Å². The first-order chi connectivity index (χ1) is 19.3. The Hall–Kier alpha value is -4.73. The molecule has 5 aromatic rings. The molecule has 0 aliphatic carbocycles. The second-order valence-electron chi connectivity index (χ2n) is 8.91. The molecule has 0 N–H and O–H groups in total. The van der Waals surface area contributed by atoms with Crippen molar-refractivity contribution in [2.45, 2.75) is 5.60 Å². The van der Waals surface area contributed by atoms with E-state index in [9.17, 15) is 23.3 Å². The minimum atomic E-state index is -1.60. The fraction of sp³-hybridized carbons (Fsp3) is 0.0323. The van der Waals surface area contributed by atoms with Crippen molar-refractivity contribution >= 4 is 16.2 Å². The predicted molar refractivity (Wildman–Crippen MR) is 149 cm³/mol. The highest BCUT2D eigenvalue weighted by Gasteiger charge is 2.43. The first-order valence-corrected chi connectivity index (χ1v) is 13.0. The monoisotopic (exact) mass is 557 g/mol. The van der Waals surface area contributed by atoms with Crippen LogP contribution in [0.1, 0.15) is 16.7 Å². The number of nitro benzene ring substituents is 1. The van der Waals surface area contributed by atoms with Crippen molar-refractivity contribution in [3.63, 3.8) is 0 Å². The fourth-order valence-electron chi connectivity index (χ4n) is 4.83. The summed E-state index contributed by atoms with van der Waals surface area (Å²) >= 11 is 0. The molecule has 0 heterocycles. The molecule has 5 rings (SSSR count). The van der Waals surface area contributed by atoms with E-state index in [1.54, 1.807) is 30.3 Å². The van der Waals surface area contributed by atoms with E-state index < -0.39 is 28.0 Å². The van der Waals surface area contributed by atoms with Crippen molar-refractivity contribution in [2.75, 3.05) is 0 Å². The number of para-hydroxylation sites is 1. The van der Waals surface area contributed by atoms with Crippen molar-refractivity contribution in [2.24, 2.45) is 0 Å². The van der Waals surface area contributed by atoms with Crippen LogP contribution in [0.3, 0.4) is 0 Å². The van der Waals surface area contributed by atoms with Crippen LogP contribution in [0.2, 0.25) is 0 Å². The molecule has 0 saturated carbocycles. The number of rotatable bonds is 8. The molecule has 0 saturated heterocycles. The van der Waals surface area contributed by atoms with Crippen molar-refractivity contribution in [1.82, 2.24) is 0 Å². The molecule has 0 amide bonds. The molecule has 5 nitrogen and oxygen atoms in total. The summed E-state index contributed by atoms with van der Waals surface area (Å²) < 4.78 is 54.2. The van der Waals surface area contributed by atoms with Crippen LogP contribution in [-0.2, 0) is 10.0 Å². The Morgan fingerprint density at radius 2 is 1.18 bits per heavy atom. The number of hydrogen-bond acceptors (Lipinski definition) is 4. The van der Waals surface area contributed by atoms with E-state index in [-0.39, 0.29) is 33.0 Å². The molecule has 0 fully saturated rings. The van der Waals surface area contributed by atoms with Gasteiger partial charge in [0, 0.05) is 0 Å². The summed E-state index contributed by atoms with van der Waals surface area (Å²) in [6.07, 6.45) is 0. The third-order valence-electron chi connectivity index (χ3n) is 6.61. The topological polar surface area (TPSA) is 61.6 Å². The summed E-state index contributed by atoms with van der Waals surface area (Å²) in [4.78, 5) is 12.4. The highest BCUT2D eigenvalue weighted by Crippen LogP contribution is 2.50. The standard InChI is InChI=1S/C31H22F3NO4Si/c32-23-12-6-20(7-13-23)29-28(38-26-4-2-1-3-5-26)19-18-27(30(29)35(36)37)31(39-40,21-8-14-24(33)15-9-21)22-10-16-25(34)17-11-22/h1-19H,40H3. The smallest absolute Gasteiger partial charge is 0.287 e. The molecule has 0 aliphatic heterocycles. The number of nitrogens with zero attached hydrogens (tertiary/aromatic N) is 1. The highest BCUT2D eigenvalue weighted by molar-refractivity contribution is 5.99. The van der Waals surface area contributed by atoms with Gasteiger partial charge in [-0.2, -0.15) is 0 Å². The Labute approximate surface area is 231 Å². The second kappa shape index (κ2) is 11.2. The number of benzene rings is 5. The van der Waals surface area contributed by atoms with Gasteiger partial charge in [0.1, 0.15) is 50.6 Å². The van der Waals surface area contributed by atoms with Crippen LogP contribution in [0, 0.1) is 27.6 Å². The molecule has 0 aromatic heterocycles. The third kappa shape index (κ3) is 5.00. The molecule has 40 heavy (non-hydrogen) atoms. The second-order valence-corrected chi connectivity index (χ2v) is 9.32. The van der Waals surface area contributed by atoms with Crippen LogP contribution < -0.4 is 4.74 Å². The van der Waals surface area contributed by atoms with Crippen molar-refractivity contribution in [3.05, 3.63) is 160 Å². The van der Waals surface area contributed by atoms with E-state index >= 15 is 0 Å². The van der Waals surface area contributed by atoms with E-state index in [0.717, 1.165) is 0 Å². The fourth-order valence-corrected chi connectivity index (χ4v) is 5.53. The average Bonchev–Trinajstić information content (AvgIpc) is 2.96. The van der Waals surface area contributed by atoms with Gasteiger partial charge >= 0.3 is 0 Å². The number of halogens is 3. The maximum atomic E-state index is 14.0. The van der Waals surface area contributed by atoms with Gasteiger partial charge in [-0.15, -0.1) is 0 Å². The van der Waals surface area contributed by atoms with Crippen LogP contribution in [0.25, 0.3) is 11.1 Å².